The van der Waals surface area contributed by atoms with Gasteiger partial charge in [0.05, 0.1) is 30.0 Å². The molecule has 3 aromatic heterocycles. The summed E-state index contributed by atoms with van der Waals surface area (Å²) < 4.78 is 7.80. The summed E-state index contributed by atoms with van der Waals surface area (Å²) in [5, 5.41) is 3.06. The Bertz CT molecular complexity index is 891. The first-order chi connectivity index (χ1) is 12.2. The van der Waals surface area contributed by atoms with Crippen LogP contribution in [0.4, 0.5) is 0 Å². The molecule has 4 heterocycles. The smallest absolute Gasteiger partial charge is 0.226 e. The number of fused-ring (bicyclic) bond motifs is 1. The number of hydrogen-bond acceptors (Lipinski definition) is 4. The van der Waals surface area contributed by atoms with E-state index in [-0.39, 0.29) is 17.9 Å². The lowest BCUT2D eigenvalue weighted by Crippen LogP contribution is -2.32. The SMILES string of the molecule is Cc1nc2ccccn2c1CNC(=O)[C@H]1CCO[C@@H]1c1cccnc1. The fourth-order valence-corrected chi connectivity index (χ4v) is 3.41. The van der Waals surface area contributed by atoms with Crippen LogP contribution in [0, 0.1) is 12.8 Å². The van der Waals surface area contributed by atoms with Crippen molar-refractivity contribution in [2.75, 3.05) is 6.61 Å². The predicted molar refractivity (Wildman–Crippen MR) is 92.8 cm³/mol. The zero-order chi connectivity index (χ0) is 17.2. The molecule has 0 bridgehead atoms. The topological polar surface area (TPSA) is 68.5 Å². The number of hydrogen-bond donors (Lipinski definition) is 1. The van der Waals surface area contributed by atoms with Gasteiger partial charge < -0.3 is 14.5 Å². The fraction of sp³-hybridized carbons (Fsp3) is 0.316. The highest BCUT2D eigenvalue weighted by molar-refractivity contribution is 5.79. The number of imidazole rings is 1. The Morgan fingerprint density at radius 3 is 3.12 bits per heavy atom. The van der Waals surface area contributed by atoms with E-state index >= 15 is 0 Å². The molecule has 1 aliphatic rings. The van der Waals surface area contributed by atoms with Gasteiger partial charge >= 0.3 is 0 Å². The second-order valence-corrected chi connectivity index (χ2v) is 6.26. The quantitative estimate of drug-likeness (QED) is 0.794. The Labute approximate surface area is 145 Å². The van der Waals surface area contributed by atoms with Gasteiger partial charge in [-0.2, -0.15) is 0 Å². The van der Waals surface area contributed by atoms with Gasteiger partial charge in [0.15, 0.2) is 0 Å². The van der Waals surface area contributed by atoms with Crippen LogP contribution in [0.25, 0.3) is 5.65 Å². The maximum absolute atomic E-state index is 12.7. The number of aryl methyl sites for hydroxylation is 1. The number of aromatic nitrogens is 3. The van der Waals surface area contributed by atoms with Gasteiger partial charge in [0.2, 0.25) is 5.91 Å². The van der Waals surface area contributed by atoms with Crippen LogP contribution in [0.5, 0.6) is 0 Å². The summed E-state index contributed by atoms with van der Waals surface area (Å²) in [6.45, 7) is 3.00. The number of pyridine rings is 2. The average Bonchev–Trinajstić information content (AvgIpc) is 3.25. The Morgan fingerprint density at radius 1 is 1.36 bits per heavy atom. The minimum absolute atomic E-state index is 0.0108. The van der Waals surface area contributed by atoms with Crippen molar-refractivity contribution in [3.8, 4) is 0 Å². The first-order valence-electron chi connectivity index (χ1n) is 8.46. The Balaban J connectivity index is 1.49. The third-order valence-corrected chi connectivity index (χ3v) is 4.70. The lowest BCUT2D eigenvalue weighted by Gasteiger charge is -2.18. The molecule has 1 fully saturated rings. The zero-order valence-corrected chi connectivity index (χ0v) is 14.1. The van der Waals surface area contributed by atoms with Gasteiger partial charge in [0.25, 0.3) is 0 Å². The molecule has 128 valence electrons. The number of nitrogens with one attached hydrogen (secondary N) is 1. The fourth-order valence-electron chi connectivity index (χ4n) is 3.41. The molecule has 0 spiro atoms. The highest BCUT2D eigenvalue weighted by atomic mass is 16.5. The normalized spacial score (nSPS) is 20.0. The molecule has 6 nitrogen and oxygen atoms in total. The van der Waals surface area contributed by atoms with Crippen LogP contribution in [0.2, 0.25) is 0 Å². The predicted octanol–water partition coefficient (Wildman–Crippen LogP) is 2.43. The van der Waals surface area contributed by atoms with Gasteiger partial charge in [0, 0.05) is 25.2 Å². The third kappa shape index (κ3) is 3.00. The van der Waals surface area contributed by atoms with E-state index in [1.54, 1.807) is 12.4 Å². The molecule has 0 aromatic carbocycles. The van der Waals surface area contributed by atoms with Crippen molar-refractivity contribution in [2.45, 2.75) is 26.0 Å². The Morgan fingerprint density at radius 2 is 2.28 bits per heavy atom. The number of rotatable bonds is 4. The van der Waals surface area contributed by atoms with E-state index in [2.05, 4.69) is 15.3 Å². The maximum Gasteiger partial charge on any atom is 0.226 e. The van der Waals surface area contributed by atoms with E-state index < -0.39 is 0 Å². The van der Waals surface area contributed by atoms with Crippen LogP contribution in [-0.2, 0) is 16.1 Å². The van der Waals surface area contributed by atoms with Crippen molar-refractivity contribution < 1.29 is 9.53 Å². The number of nitrogens with zero attached hydrogens (tertiary/aromatic N) is 3. The molecule has 0 saturated carbocycles. The number of carbonyl (C=O) groups excluding carboxylic acids is 1. The van der Waals surface area contributed by atoms with E-state index in [9.17, 15) is 4.79 Å². The summed E-state index contributed by atoms with van der Waals surface area (Å²) in [6, 6.07) is 9.70. The molecule has 4 rings (SSSR count). The molecule has 0 radical (unpaired) electrons. The lowest BCUT2D eigenvalue weighted by atomic mass is 9.95. The third-order valence-electron chi connectivity index (χ3n) is 4.70. The summed E-state index contributed by atoms with van der Waals surface area (Å²) >= 11 is 0. The molecule has 0 unspecified atom stereocenters. The van der Waals surface area contributed by atoms with Gasteiger partial charge in [-0.25, -0.2) is 4.98 Å². The second kappa shape index (κ2) is 6.64. The molecular formula is C19H20N4O2. The van der Waals surface area contributed by atoms with Crippen LogP contribution in [0.1, 0.15) is 29.5 Å². The van der Waals surface area contributed by atoms with Crippen molar-refractivity contribution in [1.82, 2.24) is 19.7 Å². The monoisotopic (exact) mass is 336 g/mol. The standard InChI is InChI=1S/C19H20N4O2/c1-13-16(23-9-3-2-6-17(23)22-13)12-21-19(24)15-7-10-25-18(15)14-5-4-8-20-11-14/h2-6,8-9,11,15,18H,7,10,12H2,1H3,(H,21,24)/t15-,18+/m0/s1. The molecule has 6 heteroatoms. The minimum Gasteiger partial charge on any atom is -0.373 e. The number of amides is 1. The highest BCUT2D eigenvalue weighted by Gasteiger charge is 2.35. The summed E-state index contributed by atoms with van der Waals surface area (Å²) in [5.74, 6) is -0.180. The van der Waals surface area contributed by atoms with Crippen molar-refractivity contribution in [3.63, 3.8) is 0 Å². The molecule has 1 N–H and O–H groups in total. The van der Waals surface area contributed by atoms with Gasteiger partial charge in [-0.15, -0.1) is 0 Å². The summed E-state index contributed by atoms with van der Waals surface area (Å²) in [7, 11) is 0. The van der Waals surface area contributed by atoms with Crippen molar-refractivity contribution >= 4 is 11.6 Å². The van der Waals surface area contributed by atoms with Gasteiger partial charge in [-0.3, -0.25) is 9.78 Å². The van der Waals surface area contributed by atoms with Crippen LogP contribution < -0.4 is 5.32 Å². The van der Waals surface area contributed by atoms with Crippen LogP contribution in [0.15, 0.2) is 48.9 Å². The first kappa shape index (κ1) is 15.8. The molecular weight excluding hydrogens is 316 g/mol. The Hall–Kier alpha value is -2.73. The minimum atomic E-state index is -0.225. The maximum atomic E-state index is 12.7. The van der Waals surface area contributed by atoms with Crippen molar-refractivity contribution in [2.24, 2.45) is 5.92 Å². The lowest BCUT2D eigenvalue weighted by molar-refractivity contribution is -0.127. The van der Waals surface area contributed by atoms with Gasteiger partial charge in [0.1, 0.15) is 5.65 Å². The summed E-state index contributed by atoms with van der Waals surface area (Å²) in [6.07, 6.45) is 5.95. The largest absolute Gasteiger partial charge is 0.373 e. The van der Waals surface area contributed by atoms with Gasteiger partial charge in [-0.1, -0.05) is 12.1 Å². The van der Waals surface area contributed by atoms with Gasteiger partial charge in [-0.05, 0) is 37.1 Å². The first-order valence-corrected chi connectivity index (χ1v) is 8.46. The molecule has 0 aliphatic carbocycles. The van der Waals surface area contributed by atoms with Crippen molar-refractivity contribution in [1.29, 1.82) is 0 Å². The van der Waals surface area contributed by atoms with E-state index in [1.807, 2.05) is 47.9 Å². The molecule has 3 aromatic rings. The van der Waals surface area contributed by atoms with E-state index in [4.69, 9.17) is 4.74 Å². The summed E-state index contributed by atoms with van der Waals surface area (Å²) in [5.41, 5.74) is 3.77. The highest BCUT2D eigenvalue weighted by Crippen LogP contribution is 2.34. The number of carbonyl (C=O) groups is 1. The van der Waals surface area contributed by atoms with Crippen LogP contribution in [0.3, 0.4) is 0 Å². The van der Waals surface area contributed by atoms with Crippen LogP contribution >= 0.6 is 0 Å². The Kier molecular flexibility index (Phi) is 4.19. The molecule has 1 amide bonds. The van der Waals surface area contributed by atoms with E-state index in [0.717, 1.165) is 29.0 Å². The average molecular weight is 336 g/mol. The van der Waals surface area contributed by atoms with E-state index in [1.165, 1.54) is 0 Å². The molecule has 1 aliphatic heterocycles. The van der Waals surface area contributed by atoms with Crippen LogP contribution in [-0.4, -0.2) is 26.9 Å². The summed E-state index contributed by atoms with van der Waals surface area (Å²) in [4.78, 5) is 21.4. The molecule has 25 heavy (non-hydrogen) atoms. The van der Waals surface area contributed by atoms with Crippen molar-refractivity contribution in [3.05, 3.63) is 65.9 Å². The zero-order valence-electron chi connectivity index (χ0n) is 14.1. The molecule has 1 saturated heterocycles. The number of ether oxygens (including phenoxy) is 1. The van der Waals surface area contributed by atoms with E-state index in [0.29, 0.717) is 13.2 Å². The second-order valence-electron chi connectivity index (χ2n) is 6.26. The molecule has 2 atom stereocenters.